The number of nitrogens with zero attached hydrogens (tertiary/aromatic N) is 1. The summed E-state index contributed by atoms with van der Waals surface area (Å²) in [6.07, 6.45) is 4.71. The van der Waals surface area contributed by atoms with E-state index in [1.54, 1.807) is 30.6 Å². The van der Waals surface area contributed by atoms with Gasteiger partial charge in [0.05, 0.1) is 5.02 Å². The Balaban J connectivity index is 2.11. The monoisotopic (exact) mass is 350 g/mol. The van der Waals surface area contributed by atoms with Crippen molar-refractivity contribution >= 4 is 39.0 Å². The summed E-state index contributed by atoms with van der Waals surface area (Å²) in [6.45, 7) is 1.82. The van der Waals surface area contributed by atoms with Gasteiger partial charge in [0.25, 0.3) is 0 Å². The van der Waals surface area contributed by atoms with Gasteiger partial charge in [-0.2, -0.15) is 0 Å². The fourth-order valence-corrected chi connectivity index (χ4v) is 2.05. The van der Waals surface area contributed by atoms with Crippen LogP contribution in [0.2, 0.25) is 5.02 Å². The molecule has 1 aromatic heterocycles. The van der Waals surface area contributed by atoms with E-state index in [-0.39, 0.29) is 5.78 Å². The van der Waals surface area contributed by atoms with Crippen LogP contribution in [0.3, 0.4) is 0 Å². The number of ketones is 1. The van der Waals surface area contributed by atoms with E-state index in [0.717, 1.165) is 15.9 Å². The molecule has 0 saturated heterocycles. The zero-order valence-electron chi connectivity index (χ0n) is 10.7. The Kier molecular flexibility index (Phi) is 4.93. The van der Waals surface area contributed by atoms with E-state index >= 15 is 0 Å². The van der Waals surface area contributed by atoms with Crippen LogP contribution in [0.25, 0.3) is 0 Å². The van der Waals surface area contributed by atoms with Gasteiger partial charge in [0.15, 0.2) is 5.78 Å². The van der Waals surface area contributed by atoms with Gasteiger partial charge in [0, 0.05) is 39.9 Å². The van der Waals surface area contributed by atoms with Crippen LogP contribution in [0, 0.1) is 0 Å². The Labute approximate surface area is 130 Å². The second-order valence-corrected chi connectivity index (χ2v) is 5.45. The standard InChI is InChI=1S/C15H12BrClN2O/c1-10(7-15(20)11-3-2-6-18-9-11)19-12-4-5-13(16)14(17)8-12/h2-9,19H,1H3. The van der Waals surface area contributed by atoms with Crippen LogP contribution in [0.5, 0.6) is 0 Å². The van der Waals surface area contributed by atoms with Gasteiger partial charge in [-0.15, -0.1) is 0 Å². The number of hydrogen-bond acceptors (Lipinski definition) is 3. The van der Waals surface area contributed by atoms with E-state index in [2.05, 4.69) is 26.2 Å². The van der Waals surface area contributed by atoms with Gasteiger partial charge in [-0.1, -0.05) is 11.6 Å². The summed E-state index contributed by atoms with van der Waals surface area (Å²) >= 11 is 9.35. The molecule has 0 aliphatic rings. The fourth-order valence-electron chi connectivity index (χ4n) is 1.63. The van der Waals surface area contributed by atoms with Crippen molar-refractivity contribution in [3.05, 3.63) is 69.6 Å². The number of carbonyl (C=O) groups excluding carboxylic acids is 1. The molecule has 0 amide bonds. The third-order valence-corrected chi connectivity index (χ3v) is 3.79. The Morgan fingerprint density at radius 1 is 1.40 bits per heavy atom. The highest BCUT2D eigenvalue weighted by Crippen LogP contribution is 2.26. The smallest absolute Gasteiger partial charge is 0.189 e. The average Bonchev–Trinajstić information content (AvgIpc) is 2.44. The molecule has 20 heavy (non-hydrogen) atoms. The minimum Gasteiger partial charge on any atom is -0.359 e. The molecule has 1 heterocycles. The van der Waals surface area contributed by atoms with Crippen LogP contribution in [-0.4, -0.2) is 10.8 Å². The number of aromatic nitrogens is 1. The van der Waals surface area contributed by atoms with Crippen molar-refractivity contribution in [3.63, 3.8) is 0 Å². The molecular weight excluding hydrogens is 340 g/mol. The number of benzene rings is 1. The van der Waals surface area contributed by atoms with Crippen LogP contribution in [-0.2, 0) is 0 Å². The SMILES string of the molecule is CC(=CC(=O)c1cccnc1)Nc1ccc(Br)c(Cl)c1. The number of hydrogen-bond donors (Lipinski definition) is 1. The number of allylic oxidation sites excluding steroid dienone is 2. The minimum atomic E-state index is -0.0914. The predicted octanol–water partition coefficient (Wildman–Crippen LogP) is 4.70. The van der Waals surface area contributed by atoms with Crippen molar-refractivity contribution in [2.75, 3.05) is 5.32 Å². The maximum Gasteiger partial charge on any atom is 0.189 e. The molecule has 5 heteroatoms. The number of pyridine rings is 1. The van der Waals surface area contributed by atoms with Gasteiger partial charge < -0.3 is 5.32 Å². The van der Waals surface area contributed by atoms with Gasteiger partial charge >= 0.3 is 0 Å². The van der Waals surface area contributed by atoms with Gasteiger partial charge in [-0.3, -0.25) is 9.78 Å². The van der Waals surface area contributed by atoms with Gasteiger partial charge in [-0.25, -0.2) is 0 Å². The van der Waals surface area contributed by atoms with Crippen molar-refractivity contribution in [3.8, 4) is 0 Å². The van der Waals surface area contributed by atoms with Crippen molar-refractivity contribution in [2.45, 2.75) is 6.92 Å². The first-order valence-electron chi connectivity index (χ1n) is 5.91. The highest BCUT2D eigenvalue weighted by molar-refractivity contribution is 9.10. The lowest BCUT2D eigenvalue weighted by Crippen LogP contribution is -2.01. The highest BCUT2D eigenvalue weighted by atomic mass is 79.9. The third-order valence-electron chi connectivity index (χ3n) is 2.55. The number of halogens is 2. The average molecular weight is 352 g/mol. The molecule has 0 aliphatic carbocycles. The second-order valence-electron chi connectivity index (χ2n) is 4.19. The van der Waals surface area contributed by atoms with Crippen molar-refractivity contribution in [2.24, 2.45) is 0 Å². The van der Waals surface area contributed by atoms with Crippen LogP contribution in [0.4, 0.5) is 5.69 Å². The lowest BCUT2D eigenvalue weighted by Gasteiger charge is -2.07. The van der Waals surface area contributed by atoms with Gasteiger partial charge in [0.2, 0.25) is 0 Å². The van der Waals surface area contributed by atoms with Gasteiger partial charge in [0.1, 0.15) is 0 Å². The normalized spacial score (nSPS) is 11.2. The lowest BCUT2D eigenvalue weighted by atomic mass is 10.1. The minimum absolute atomic E-state index is 0.0914. The number of anilines is 1. The Bertz CT molecular complexity index is 656. The van der Waals surface area contributed by atoms with E-state index in [0.29, 0.717) is 10.6 Å². The first-order valence-corrected chi connectivity index (χ1v) is 7.08. The van der Waals surface area contributed by atoms with E-state index in [1.165, 1.54) is 6.08 Å². The zero-order valence-corrected chi connectivity index (χ0v) is 13.1. The maximum absolute atomic E-state index is 12.0. The summed E-state index contributed by atoms with van der Waals surface area (Å²) in [5, 5.41) is 3.74. The second kappa shape index (κ2) is 6.68. The summed E-state index contributed by atoms with van der Waals surface area (Å²) < 4.78 is 0.831. The van der Waals surface area contributed by atoms with Gasteiger partial charge in [-0.05, 0) is 53.2 Å². The first-order chi connectivity index (χ1) is 9.56. The summed E-state index contributed by atoms with van der Waals surface area (Å²) in [6, 6.07) is 8.98. The van der Waals surface area contributed by atoms with Crippen LogP contribution >= 0.6 is 27.5 Å². The molecule has 0 saturated carbocycles. The molecule has 102 valence electrons. The van der Waals surface area contributed by atoms with Crippen molar-refractivity contribution < 1.29 is 4.79 Å². The molecule has 0 radical (unpaired) electrons. The predicted molar refractivity (Wildman–Crippen MR) is 85.1 cm³/mol. The molecule has 0 aliphatic heterocycles. The number of rotatable bonds is 4. The Morgan fingerprint density at radius 3 is 2.85 bits per heavy atom. The maximum atomic E-state index is 12.0. The molecule has 0 bridgehead atoms. The molecule has 3 nitrogen and oxygen atoms in total. The Hall–Kier alpha value is -1.65. The van der Waals surface area contributed by atoms with Crippen LogP contribution < -0.4 is 5.32 Å². The zero-order chi connectivity index (χ0) is 14.5. The number of nitrogens with one attached hydrogen (secondary N) is 1. The quantitative estimate of drug-likeness (QED) is 0.641. The number of carbonyl (C=O) groups is 1. The van der Waals surface area contributed by atoms with E-state index in [4.69, 9.17) is 11.6 Å². The summed E-state index contributed by atoms with van der Waals surface area (Å²) in [5.41, 5.74) is 2.12. The van der Waals surface area contributed by atoms with E-state index in [1.807, 2.05) is 19.1 Å². The van der Waals surface area contributed by atoms with E-state index in [9.17, 15) is 4.79 Å². The molecule has 2 aromatic rings. The van der Waals surface area contributed by atoms with E-state index < -0.39 is 0 Å². The molecule has 0 fully saturated rings. The van der Waals surface area contributed by atoms with Crippen LogP contribution in [0.15, 0.2) is 59.0 Å². The highest BCUT2D eigenvalue weighted by Gasteiger charge is 2.04. The molecular formula is C15H12BrClN2O. The summed E-state index contributed by atoms with van der Waals surface area (Å²) in [7, 11) is 0. The Morgan fingerprint density at radius 2 is 2.20 bits per heavy atom. The molecule has 0 atom stereocenters. The summed E-state index contributed by atoms with van der Waals surface area (Å²) in [5.74, 6) is -0.0914. The molecule has 0 unspecified atom stereocenters. The molecule has 1 N–H and O–H groups in total. The van der Waals surface area contributed by atoms with Crippen LogP contribution in [0.1, 0.15) is 17.3 Å². The topological polar surface area (TPSA) is 42.0 Å². The van der Waals surface area contributed by atoms with Crippen molar-refractivity contribution in [1.82, 2.24) is 4.98 Å². The fraction of sp³-hybridized carbons (Fsp3) is 0.0667. The molecule has 2 rings (SSSR count). The molecule has 1 aromatic carbocycles. The first kappa shape index (κ1) is 14.8. The largest absolute Gasteiger partial charge is 0.359 e. The third kappa shape index (κ3) is 3.92. The lowest BCUT2D eigenvalue weighted by molar-refractivity contribution is 0.104. The molecule has 0 spiro atoms. The summed E-state index contributed by atoms with van der Waals surface area (Å²) in [4.78, 5) is 15.9. The van der Waals surface area contributed by atoms with Crippen molar-refractivity contribution in [1.29, 1.82) is 0 Å².